The number of nitrogens with one attached hydrogen (secondary N) is 1. The molecule has 0 fully saturated rings. The minimum absolute atomic E-state index is 0. The molecule has 0 aliphatic carbocycles. The van der Waals surface area contributed by atoms with Gasteiger partial charge in [-0.2, -0.15) is 0 Å². The van der Waals surface area contributed by atoms with Gasteiger partial charge >= 0.3 is 29.6 Å². The maximum atomic E-state index is 12.3. The molecule has 1 amide bonds. The van der Waals surface area contributed by atoms with Gasteiger partial charge in [0.2, 0.25) is 5.91 Å². The van der Waals surface area contributed by atoms with E-state index in [1.807, 2.05) is 36.4 Å². The van der Waals surface area contributed by atoms with E-state index in [0.29, 0.717) is 11.4 Å². The normalized spacial score (nSPS) is 11.3. The quantitative estimate of drug-likeness (QED) is 0.494. The fourth-order valence-corrected chi connectivity index (χ4v) is 2.81. The van der Waals surface area contributed by atoms with Crippen LogP contribution in [0.5, 0.6) is 0 Å². The number of hydrogen-bond donors (Lipinski definition) is 1. The summed E-state index contributed by atoms with van der Waals surface area (Å²) in [5.41, 5.74) is 2.91. The molecule has 7 nitrogen and oxygen atoms in total. The molecule has 0 saturated heterocycles. The second kappa shape index (κ2) is 10.2. The molecule has 1 aromatic heterocycles. The third-order valence-electron chi connectivity index (χ3n) is 4.13. The Kier molecular flexibility index (Phi) is 7.92. The smallest absolute Gasteiger partial charge is 0.550 e. The summed E-state index contributed by atoms with van der Waals surface area (Å²) in [6.07, 6.45) is 1.86. The monoisotopic (exact) mass is 386 g/mol. The third-order valence-corrected chi connectivity index (χ3v) is 4.13. The minimum Gasteiger partial charge on any atom is -0.550 e. The summed E-state index contributed by atoms with van der Waals surface area (Å²) in [6, 6.07) is 16.3. The zero-order valence-corrected chi connectivity index (χ0v) is 17.8. The van der Waals surface area contributed by atoms with E-state index in [4.69, 9.17) is 0 Å². The molecule has 28 heavy (non-hydrogen) atoms. The van der Waals surface area contributed by atoms with Gasteiger partial charge in [-0.25, -0.2) is 0 Å². The Hall–Kier alpha value is -2.48. The predicted octanol–water partition coefficient (Wildman–Crippen LogP) is -1.58. The Labute approximate surface area is 185 Å². The van der Waals surface area contributed by atoms with Crippen LogP contribution in [0.25, 0.3) is 11.3 Å². The van der Waals surface area contributed by atoms with E-state index >= 15 is 0 Å². The van der Waals surface area contributed by atoms with Gasteiger partial charge in [0.1, 0.15) is 5.69 Å². The molecule has 1 atom stereocenters. The molecule has 0 radical (unpaired) electrons. The van der Waals surface area contributed by atoms with E-state index in [1.165, 1.54) is 0 Å². The Morgan fingerprint density at radius 3 is 2.54 bits per heavy atom. The maximum Gasteiger partial charge on any atom is 1.00 e. The summed E-state index contributed by atoms with van der Waals surface area (Å²) in [5, 5.41) is 22.1. The molecule has 0 spiro atoms. The number of rotatable bonds is 7. The van der Waals surface area contributed by atoms with Gasteiger partial charge in [-0.15, -0.1) is 5.10 Å². The average molecular weight is 386 g/mol. The van der Waals surface area contributed by atoms with Gasteiger partial charge in [0, 0.05) is 36.6 Å². The minimum atomic E-state index is -1.23. The van der Waals surface area contributed by atoms with Crippen molar-refractivity contribution < 1.29 is 44.3 Å². The predicted molar refractivity (Wildman–Crippen MR) is 98.3 cm³/mol. The fraction of sp³-hybridized carbons (Fsp3) is 0.200. The molecule has 3 aromatic rings. The van der Waals surface area contributed by atoms with Gasteiger partial charge in [-0.3, -0.25) is 9.48 Å². The molecule has 3 rings (SSSR count). The van der Waals surface area contributed by atoms with Gasteiger partial charge in [-0.1, -0.05) is 47.7 Å². The van der Waals surface area contributed by atoms with Gasteiger partial charge in [0.25, 0.3) is 0 Å². The second-order valence-electron chi connectivity index (χ2n) is 6.32. The van der Waals surface area contributed by atoms with Crippen LogP contribution in [0.4, 0.5) is 5.69 Å². The molecule has 2 aromatic carbocycles. The number of anilines is 1. The van der Waals surface area contributed by atoms with Crippen LogP contribution in [0.2, 0.25) is 0 Å². The summed E-state index contributed by atoms with van der Waals surface area (Å²) < 4.78 is 1.59. The summed E-state index contributed by atoms with van der Waals surface area (Å²) in [6.45, 7) is 0. The van der Waals surface area contributed by atoms with E-state index in [2.05, 4.69) is 15.6 Å². The zero-order chi connectivity index (χ0) is 19.2. The van der Waals surface area contributed by atoms with E-state index < -0.39 is 11.9 Å². The molecular weight excluding hydrogens is 367 g/mol. The van der Waals surface area contributed by atoms with Crippen LogP contribution in [0.15, 0.2) is 60.8 Å². The number of carboxylic acids is 1. The third kappa shape index (κ3) is 6.02. The second-order valence-corrected chi connectivity index (χ2v) is 6.32. The van der Waals surface area contributed by atoms with Gasteiger partial charge in [0.05, 0.1) is 6.20 Å². The maximum absolute atomic E-state index is 12.3. The number of aromatic nitrogens is 3. The zero-order valence-electron chi connectivity index (χ0n) is 15.8. The van der Waals surface area contributed by atoms with Crippen LogP contribution in [0.1, 0.15) is 12.0 Å². The molecule has 0 saturated carbocycles. The number of carbonyl (C=O) groups is 2. The molecular formula is C20H19N4NaO3. The molecule has 0 bridgehead atoms. The van der Waals surface area contributed by atoms with Gasteiger partial charge in [-0.05, 0) is 24.1 Å². The number of aliphatic carboxylic acids is 1. The van der Waals surface area contributed by atoms with Crippen molar-refractivity contribution >= 4 is 17.6 Å². The summed E-state index contributed by atoms with van der Waals surface area (Å²) >= 11 is 0. The van der Waals surface area contributed by atoms with Crippen molar-refractivity contribution in [1.29, 1.82) is 0 Å². The van der Waals surface area contributed by atoms with Crippen molar-refractivity contribution in [3.63, 3.8) is 0 Å². The number of nitrogens with zero attached hydrogens (tertiary/aromatic N) is 3. The first kappa shape index (κ1) is 21.8. The SMILES string of the molecule is Cn1cc(-c2cccc(NC(=O)CC(Cc3ccccc3)C(=O)[O-])c2)nn1.[Na+]. The van der Waals surface area contributed by atoms with Crippen molar-refractivity contribution in [3.8, 4) is 11.3 Å². The summed E-state index contributed by atoms with van der Waals surface area (Å²) in [5.74, 6) is -2.51. The Morgan fingerprint density at radius 2 is 1.89 bits per heavy atom. The Bertz CT molecular complexity index is 943. The number of aryl methyl sites for hydroxylation is 1. The van der Waals surface area contributed by atoms with Crippen molar-refractivity contribution in [2.24, 2.45) is 13.0 Å². The van der Waals surface area contributed by atoms with Crippen molar-refractivity contribution in [2.45, 2.75) is 12.8 Å². The van der Waals surface area contributed by atoms with Crippen molar-refractivity contribution in [1.82, 2.24) is 15.0 Å². The number of carboxylic acid groups (broad SMARTS) is 1. The van der Waals surface area contributed by atoms with Crippen LogP contribution in [-0.4, -0.2) is 26.9 Å². The summed E-state index contributed by atoms with van der Waals surface area (Å²) in [4.78, 5) is 23.8. The van der Waals surface area contributed by atoms with E-state index in [0.717, 1.165) is 11.1 Å². The molecule has 1 unspecified atom stereocenters. The van der Waals surface area contributed by atoms with E-state index in [1.54, 1.807) is 36.1 Å². The summed E-state index contributed by atoms with van der Waals surface area (Å²) in [7, 11) is 1.77. The van der Waals surface area contributed by atoms with E-state index in [-0.39, 0.29) is 48.3 Å². The first-order valence-electron chi connectivity index (χ1n) is 8.52. The van der Waals surface area contributed by atoms with Crippen LogP contribution < -0.4 is 40.0 Å². The largest absolute Gasteiger partial charge is 1.00 e. The van der Waals surface area contributed by atoms with Crippen LogP contribution in [0.3, 0.4) is 0 Å². The van der Waals surface area contributed by atoms with Crippen LogP contribution >= 0.6 is 0 Å². The Morgan fingerprint density at radius 1 is 1.14 bits per heavy atom. The molecule has 0 aliphatic heterocycles. The van der Waals surface area contributed by atoms with Crippen LogP contribution in [0, 0.1) is 5.92 Å². The average Bonchev–Trinajstić information content (AvgIpc) is 3.08. The van der Waals surface area contributed by atoms with Crippen LogP contribution in [-0.2, 0) is 23.1 Å². The standard InChI is InChI=1S/C20H20N4O3.Na/c1-24-13-18(22-23-24)15-8-5-9-17(11-15)21-19(25)12-16(20(26)27)10-14-6-3-2-4-7-14;/h2-9,11,13,16H,10,12H2,1H3,(H,21,25)(H,26,27);/q;+1/p-1. The van der Waals surface area contributed by atoms with Gasteiger partial charge in [0.15, 0.2) is 0 Å². The number of benzene rings is 2. The van der Waals surface area contributed by atoms with Gasteiger partial charge < -0.3 is 15.2 Å². The first-order chi connectivity index (χ1) is 13.0. The molecule has 1 heterocycles. The number of carbonyl (C=O) groups excluding carboxylic acids is 2. The molecule has 1 N–H and O–H groups in total. The topological polar surface area (TPSA) is 99.9 Å². The fourth-order valence-electron chi connectivity index (χ4n) is 2.81. The van der Waals surface area contributed by atoms with Crippen molar-refractivity contribution in [3.05, 3.63) is 66.4 Å². The van der Waals surface area contributed by atoms with E-state index in [9.17, 15) is 14.7 Å². The molecule has 0 aliphatic rings. The Balaban J connectivity index is 0.00000280. The molecule has 8 heteroatoms. The number of amides is 1. The number of hydrogen-bond acceptors (Lipinski definition) is 5. The molecule has 138 valence electrons. The van der Waals surface area contributed by atoms with Crippen molar-refractivity contribution in [2.75, 3.05) is 5.32 Å². The first-order valence-corrected chi connectivity index (χ1v) is 8.52.